The number of carbonyl (C=O) groups excluding carboxylic acids is 1. The molecular formula is C10H17N3O. The van der Waals surface area contributed by atoms with E-state index < -0.39 is 6.04 Å². The van der Waals surface area contributed by atoms with Crippen LogP contribution in [-0.4, -0.2) is 21.4 Å². The largest absolute Gasteiger partial charge is 0.337 e. The van der Waals surface area contributed by atoms with Crippen LogP contribution in [0, 0.1) is 0 Å². The highest BCUT2D eigenvalue weighted by molar-refractivity contribution is 5.99. The lowest BCUT2D eigenvalue weighted by atomic mass is 10.0. The molecule has 0 aliphatic carbocycles. The summed E-state index contributed by atoms with van der Waals surface area (Å²) in [4.78, 5) is 15.8. The number of Topliss-reactive ketones (excluding diaryl/α,β-unsaturated/α-hetero) is 1. The van der Waals surface area contributed by atoms with E-state index in [4.69, 9.17) is 5.73 Å². The summed E-state index contributed by atoms with van der Waals surface area (Å²) in [5, 5.41) is 0. The van der Waals surface area contributed by atoms with Crippen molar-refractivity contribution in [1.29, 1.82) is 0 Å². The van der Waals surface area contributed by atoms with E-state index in [-0.39, 0.29) is 11.7 Å². The van der Waals surface area contributed by atoms with Crippen molar-refractivity contribution < 1.29 is 4.79 Å². The standard InChI is InChI=1S/C10H17N3O/c1-6(2)9-8(10(14)7(3)11)12-5-13(9)4/h5-7H,11H2,1-4H3. The van der Waals surface area contributed by atoms with Gasteiger partial charge in [-0.3, -0.25) is 4.79 Å². The summed E-state index contributed by atoms with van der Waals surface area (Å²) in [6, 6.07) is -0.484. The first kappa shape index (κ1) is 10.9. The maximum absolute atomic E-state index is 11.7. The number of imidazole rings is 1. The molecule has 0 saturated carbocycles. The second-order valence-corrected chi connectivity index (χ2v) is 3.90. The van der Waals surface area contributed by atoms with Gasteiger partial charge in [-0.2, -0.15) is 0 Å². The van der Waals surface area contributed by atoms with Crippen molar-refractivity contribution in [2.75, 3.05) is 0 Å². The summed E-state index contributed by atoms with van der Waals surface area (Å²) in [5.41, 5.74) is 7.01. The molecule has 0 amide bonds. The van der Waals surface area contributed by atoms with E-state index in [2.05, 4.69) is 4.98 Å². The first-order chi connectivity index (χ1) is 6.45. The minimum absolute atomic E-state index is 0.0886. The molecule has 78 valence electrons. The summed E-state index contributed by atoms with van der Waals surface area (Å²) in [5.74, 6) is 0.189. The molecule has 0 aliphatic rings. The maximum atomic E-state index is 11.7. The molecule has 1 unspecified atom stereocenters. The molecule has 4 nitrogen and oxygen atoms in total. The third kappa shape index (κ3) is 1.85. The Balaban J connectivity index is 3.15. The van der Waals surface area contributed by atoms with E-state index in [1.807, 2.05) is 25.5 Å². The van der Waals surface area contributed by atoms with Crippen LogP contribution in [0.1, 0.15) is 42.9 Å². The third-order valence-corrected chi connectivity index (χ3v) is 2.18. The summed E-state index contributed by atoms with van der Waals surface area (Å²) in [6.07, 6.45) is 1.66. The van der Waals surface area contributed by atoms with Crippen LogP contribution in [-0.2, 0) is 7.05 Å². The van der Waals surface area contributed by atoms with Gasteiger partial charge in [0, 0.05) is 7.05 Å². The highest BCUT2D eigenvalue weighted by Crippen LogP contribution is 2.18. The van der Waals surface area contributed by atoms with Crippen molar-refractivity contribution >= 4 is 5.78 Å². The van der Waals surface area contributed by atoms with Crippen molar-refractivity contribution in [3.63, 3.8) is 0 Å². The normalized spacial score (nSPS) is 13.3. The van der Waals surface area contributed by atoms with Gasteiger partial charge in [-0.05, 0) is 12.8 Å². The number of aryl methyl sites for hydroxylation is 1. The zero-order chi connectivity index (χ0) is 10.9. The van der Waals surface area contributed by atoms with Crippen molar-refractivity contribution in [3.05, 3.63) is 17.7 Å². The van der Waals surface area contributed by atoms with E-state index in [1.54, 1.807) is 13.3 Å². The summed E-state index contributed by atoms with van der Waals surface area (Å²) in [6.45, 7) is 5.76. The Morgan fingerprint density at radius 2 is 2.07 bits per heavy atom. The van der Waals surface area contributed by atoms with Gasteiger partial charge >= 0.3 is 0 Å². The van der Waals surface area contributed by atoms with Gasteiger partial charge < -0.3 is 10.3 Å². The van der Waals surface area contributed by atoms with Crippen molar-refractivity contribution in [2.45, 2.75) is 32.7 Å². The van der Waals surface area contributed by atoms with Crippen LogP contribution < -0.4 is 5.73 Å². The fourth-order valence-electron chi connectivity index (χ4n) is 1.53. The summed E-state index contributed by atoms with van der Waals surface area (Å²) >= 11 is 0. The minimum atomic E-state index is -0.484. The van der Waals surface area contributed by atoms with Crippen LogP contribution in [0.4, 0.5) is 0 Å². The van der Waals surface area contributed by atoms with Crippen LogP contribution >= 0.6 is 0 Å². The Hall–Kier alpha value is -1.16. The molecular weight excluding hydrogens is 178 g/mol. The zero-order valence-electron chi connectivity index (χ0n) is 9.11. The smallest absolute Gasteiger partial charge is 0.199 e. The van der Waals surface area contributed by atoms with E-state index >= 15 is 0 Å². The van der Waals surface area contributed by atoms with Gasteiger partial charge in [0.2, 0.25) is 0 Å². The van der Waals surface area contributed by atoms with Gasteiger partial charge in [-0.15, -0.1) is 0 Å². The number of carbonyl (C=O) groups is 1. The van der Waals surface area contributed by atoms with E-state index in [9.17, 15) is 4.79 Å². The molecule has 1 rings (SSSR count). The Labute approximate surface area is 84.1 Å². The first-order valence-electron chi connectivity index (χ1n) is 4.76. The number of nitrogens with zero attached hydrogens (tertiary/aromatic N) is 2. The summed E-state index contributed by atoms with van der Waals surface area (Å²) in [7, 11) is 1.89. The van der Waals surface area contributed by atoms with Gasteiger partial charge in [0.25, 0.3) is 0 Å². The molecule has 14 heavy (non-hydrogen) atoms. The minimum Gasteiger partial charge on any atom is -0.337 e. The van der Waals surface area contributed by atoms with Crippen LogP contribution in [0.3, 0.4) is 0 Å². The van der Waals surface area contributed by atoms with Crippen LogP contribution in [0.5, 0.6) is 0 Å². The molecule has 0 spiro atoms. The lowest BCUT2D eigenvalue weighted by Crippen LogP contribution is -2.28. The number of nitrogens with two attached hydrogens (primary N) is 1. The summed E-state index contributed by atoms with van der Waals surface area (Å²) < 4.78 is 1.88. The van der Waals surface area contributed by atoms with Gasteiger partial charge in [0.1, 0.15) is 5.69 Å². The monoisotopic (exact) mass is 195 g/mol. The SMILES string of the molecule is CC(N)C(=O)c1ncn(C)c1C(C)C. The topological polar surface area (TPSA) is 60.9 Å². The molecule has 0 fully saturated rings. The maximum Gasteiger partial charge on any atom is 0.199 e. The van der Waals surface area contributed by atoms with Gasteiger partial charge in [-0.1, -0.05) is 13.8 Å². The van der Waals surface area contributed by atoms with Crippen molar-refractivity contribution in [2.24, 2.45) is 12.8 Å². The van der Waals surface area contributed by atoms with E-state index in [0.29, 0.717) is 5.69 Å². The molecule has 0 bridgehead atoms. The fourth-order valence-corrected chi connectivity index (χ4v) is 1.53. The van der Waals surface area contributed by atoms with Gasteiger partial charge in [0.05, 0.1) is 18.1 Å². The number of aromatic nitrogens is 2. The quantitative estimate of drug-likeness (QED) is 0.734. The highest BCUT2D eigenvalue weighted by atomic mass is 16.1. The van der Waals surface area contributed by atoms with Crippen LogP contribution in [0.2, 0.25) is 0 Å². The van der Waals surface area contributed by atoms with Crippen molar-refractivity contribution in [1.82, 2.24) is 9.55 Å². The van der Waals surface area contributed by atoms with Gasteiger partial charge in [0.15, 0.2) is 5.78 Å². The number of hydrogen-bond acceptors (Lipinski definition) is 3. The Morgan fingerprint density at radius 1 is 1.50 bits per heavy atom. The molecule has 4 heteroatoms. The average Bonchev–Trinajstić information content (AvgIpc) is 2.45. The molecule has 0 saturated heterocycles. The lowest BCUT2D eigenvalue weighted by molar-refractivity contribution is 0.0962. The molecule has 2 N–H and O–H groups in total. The number of hydrogen-bond donors (Lipinski definition) is 1. The second-order valence-electron chi connectivity index (χ2n) is 3.90. The van der Waals surface area contributed by atoms with E-state index in [0.717, 1.165) is 5.69 Å². The molecule has 1 aromatic heterocycles. The third-order valence-electron chi connectivity index (χ3n) is 2.18. The Bertz CT molecular complexity index is 339. The predicted octanol–water partition coefficient (Wildman–Crippen LogP) is 1.07. The fraction of sp³-hybridized carbons (Fsp3) is 0.600. The average molecular weight is 195 g/mol. The molecule has 1 heterocycles. The van der Waals surface area contributed by atoms with Gasteiger partial charge in [-0.25, -0.2) is 4.98 Å². The first-order valence-corrected chi connectivity index (χ1v) is 4.76. The molecule has 0 aliphatic heterocycles. The highest BCUT2D eigenvalue weighted by Gasteiger charge is 2.21. The Morgan fingerprint density at radius 3 is 2.50 bits per heavy atom. The second kappa shape index (κ2) is 3.92. The predicted molar refractivity (Wildman–Crippen MR) is 55.3 cm³/mol. The van der Waals surface area contributed by atoms with E-state index in [1.165, 1.54) is 0 Å². The lowest BCUT2D eigenvalue weighted by Gasteiger charge is -2.09. The zero-order valence-corrected chi connectivity index (χ0v) is 9.11. The molecule has 1 atom stereocenters. The molecule has 0 radical (unpaired) electrons. The molecule has 1 aromatic rings. The number of rotatable bonds is 3. The van der Waals surface area contributed by atoms with Crippen LogP contribution in [0.25, 0.3) is 0 Å². The molecule has 0 aromatic carbocycles. The van der Waals surface area contributed by atoms with Crippen LogP contribution in [0.15, 0.2) is 6.33 Å². The van der Waals surface area contributed by atoms with Crippen molar-refractivity contribution in [3.8, 4) is 0 Å². The number of ketones is 1. The Kier molecular flexibility index (Phi) is 3.06.